The minimum atomic E-state index is -5.23. The molecular formula is C15H15F3N2O5. The Kier molecular flexibility index (Phi) is 5.02. The lowest BCUT2D eigenvalue weighted by atomic mass is 10.0. The number of carbonyl (C=O) groups is 2. The molecule has 10 heteroatoms. The van der Waals surface area contributed by atoms with Crippen molar-refractivity contribution in [1.82, 2.24) is 5.01 Å². The molecule has 0 saturated heterocycles. The summed E-state index contributed by atoms with van der Waals surface area (Å²) in [7, 11) is 1.42. The number of methoxy groups -OCH3 is 1. The van der Waals surface area contributed by atoms with E-state index in [9.17, 15) is 27.9 Å². The van der Waals surface area contributed by atoms with E-state index in [0.717, 1.165) is 0 Å². The van der Waals surface area contributed by atoms with Crippen molar-refractivity contribution in [3.05, 3.63) is 29.8 Å². The van der Waals surface area contributed by atoms with Gasteiger partial charge in [0.2, 0.25) is 0 Å². The highest BCUT2D eigenvalue weighted by Crippen LogP contribution is 2.41. The van der Waals surface area contributed by atoms with E-state index in [1.807, 2.05) is 0 Å². The van der Waals surface area contributed by atoms with E-state index in [2.05, 4.69) is 9.84 Å². The van der Waals surface area contributed by atoms with Gasteiger partial charge in [0.25, 0.3) is 5.72 Å². The highest BCUT2D eigenvalue weighted by atomic mass is 19.4. The second kappa shape index (κ2) is 6.71. The molecule has 1 aliphatic heterocycles. The first-order valence-electron chi connectivity index (χ1n) is 7.16. The number of aliphatic hydroxyl groups is 1. The van der Waals surface area contributed by atoms with E-state index in [1.54, 1.807) is 0 Å². The quantitative estimate of drug-likeness (QED) is 0.651. The van der Waals surface area contributed by atoms with Crippen LogP contribution in [0.1, 0.15) is 18.9 Å². The minimum absolute atomic E-state index is 0.208. The van der Waals surface area contributed by atoms with Crippen molar-refractivity contribution in [3.63, 3.8) is 0 Å². The van der Waals surface area contributed by atoms with Gasteiger partial charge in [0, 0.05) is 0 Å². The summed E-state index contributed by atoms with van der Waals surface area (Å²) in [6.07, 6.45) is -6.25. The van der Waals surface area contributed by atoms with Gasteiger partial charge in [-0.25, -0.2) is 4.79 Å². The molecule has 25 heavy (non-hydrogen) atoms. The average molecular weight is 360 g/mol. The van der Waals surface area contributed by atoms with Crippen molar-refractivity contribution in [1.29, 1.82) is 0 Å². The van der Waals surface area contributed by atoms with Gasteiger partial charge in [-0.1, -0.05) is 0 Å². The zero-order chi connectivity index (χ0) is 18.8. The van der Waals surface area contributed by atoms with E-state index in [4.69, 9.17) is 4.74 Å². The maximum Gasteiger partial charge on any atom is 0.438 e. The monoisotopic (exact) mass is 360 g/mol. The van der Waals surface area contributed by atoms with E-state index in [1.165, 1.54) is 38.3 Å². The molecule has 1 aromatic carbocycles. The first-order chi connectivity index (χ1) is 11.6. The van der Waals surface area contributed by atoms with E-state index < -0.39 is 30.2 Å². The fourth-order valence-electron chi connectivity index (χ4n) is 2.20. The summed E-state index contributed by atoms with van der Waals surface area (Å²) >= 11 is 0. The van der Waals surface area contributed by atoms with Gasteiger partial charge in [-0.3, -0.25) is 4.79 Å². The maximum absolute atomic E-state index is 13.3. The van der Waals surface area contributed by atoms with Gasteiger partial charge >= 0.3 is 18.1 Å². The Balaban J connectivity index is 2.41. The number of halogens is 3. The molecule has 1 heterocycles. The molecule has 136 valence electrons. The van der Waals surface area contributed by atoms with Crippen LogP contribution in [0.3, 0.4) is 0 Å². The number of hydrogen-bond donors (Lipinski definition) is 1. The summed E-state index contributed by atoms with van der Waals surface area (Å²) in [4.78, 5) is 23.4. The van der Waals surface area contributed by atoms with Gasteiger partial charge in [-0.15, -0.1) is 0 Å². The van der Waals surface area contributed by atoms with Crippen LogP contribution in [-0.2, 0) is 14.3 Å². The molecule has 0 aliphatic carbocycles. The van der Waals surface area contributed by atoms with Crippen LogP contribution < -0.4 is 4.74 Å². The lowest BCUT2D eigenvalue weighted by Crippen LogP contribution is -2.58. The Morgan fingerprint density at radius 3 is 2.40 bits per heavy atom. The van der Waals surface area contributed by atoms with Gasteiger partial charge < -0.3 is 14.6 Å². The van der Waals surface area contributed by atoms with Gasteiger partial charge in [0.15, 0.2) is 0 Å². The predicted octanol–water partition coefficient (Wildman–Crippen LogP) is 1.45. The lowest BCUT2D eigenvalue weighted by Gasteiger charge is -2.31. The number of hydrogen-bond acceptors (Lipinski definition) is 6. The smallest absolute Gasteiger partial charge is 0.438 e. The molecule has 0 unspecified atom stereocenters. The Labute approximate surface area is 140 Å². The van der Waals surface area contributed by atoms with E-state index in [-0.39, 0.29) is 22.9 Å². The number of nitrogens with zero attached hydrogens (tertiary/aromatic N) is 2. The largest absolute Gasteiger partial charge is 0.497 e. The second-order valence-electron chi connectivity index (χ2n) is 5.10. The highest BCUT2D eigenvalue weighted by molar-refractivity contribution is 6.33. The van der Waals surface area contributed by atoms with Crippen molar-refractivity contribution in [2.75, 3.05) is 13.7 Å². The summed E-state index contributed by atoms with van der Waals surface area (Å²) in [5, 5.41) is 13.3. The lowest BCUT2D eigenvalue weighted by molar-refractivity contribution is -0.302. The molecule has 0 spiro atoms. The zero-order valence-electron chi connectivity index (χ0n) is 13.3. The molecule has 1 N–H and O–H groups in total. The minimum Gasteiger partial charge on any atom is -0.497 e. The van der Waals surface area contributed by atoms with Gasteiger partial charge in [0.1, 0.15) is 5.75 Å². The van der Waals surface area contributed by atoms with Crippen LogP contribution in [0, 0.1) is 0 Å². The van der Waals surface area contributed by atoms with Gasteiger partial charge in [0.05, 0.1) is 25.8 Å². The zero-order valence-corrected chi connectivity index (χ0v) is 13.3. The molecule has 0 saturated carbocycles. The number of amides is 1. The molecule has 1 amide bonds. The molecular weight excluding hydrogens is 345 g/mol. The summed E-state index contributed by atoms with van der Waals surface area (Å²) in [6, 6.07) is 5.82. The Morgan fingerprint density at radius 2 is 1.92 bits per heavy atom. The SMILES string of the molecule is CCOC(=O)C(=O)N1N=C(c2ccc(OC)cc2)C[C@]1(O)C(F)(F)F. The molecule has 7 nitrogen and oxygen atoms in total. The molecule has 1 aromatic rings. The van der Waals surface area contributed by atoms with Crippen molar-refractivity contribution in [2.45, 2.75) is 25.2 Å². The Morgan fingerprint density at radius 1 is 1.32 bits per heavy atom. The van der Waals surface area contributed by atoms with Crippen molar-refractivity contribution >= 4 is 17.6 Å². The van der Waals surface area contributed by atoms with Crippen molar-refractivity contribution in [2.24, 2.45) is 5.10 Å². The summed E-state index contributed by atoms with van der Waals surface area (Å²) in [5.74, 6) is -2.78. The number of rotatable bonds is 3. The molecule has 1 aliphatic rings. The summed E-state index contributed by atoms with van der Waals surface area (Å²) in [5.41, 5.74) is -3.60. The normalized spacial score (nSPS) is 20.2. The third kappa shape index (κ3) is 3.43. The standard InChI is InChI=1S/C15H15F3N2O5/c1-3-25-13(22)12(21)20-14(23,15(16,17)18)8-11(19-20)9-4-6-10(24-2)7-5-9/h4-7,23H,3,8H2,1-2H3/t14-/m0/s1. The maximum atomic E-state index is 13.3. The van der Waals surface area contributed by atoms with Crippen LogP contribution in [0.25, 0.3) is 0 Å². The Hall–Kier alpha value is -2.62. The summed E-state index contributed by atoms with van der Waals surface area (Å²) in [6.45, 7) is 1.18. The van der Waals surface area contributed by atoms with Crippen LogP contribution >= 0.6 is 0 Å². The first-order valence-corrected chi connectivity index (χ1v) is 7.16. The van der Waals surface area contributed by atoms with Crippen LogP contribution in [0.5, 0.6) is 5.75 Å². The first kappa shape index (κ1) is 18.7. The topological polar surface area (TPSA) is 88.4 Å². The van der Waals surface area contributed by atoms with Crippen LogP contribution in [0.2, 0.25) is 0 Å². The number of benzene rings is 1. The fraction of sp³-hybridized carbons (Fsp3) is 0.400. The van der Waals surface area contributed by atoms with Crippen molar-refractivity contribution < 1.29 is 37.3 Å². The predicted molar refractivity (Wildman–Crippen MR) is 78.6 cm³/mol. The Bertz CT molecular complexity index is 702. The van der Waals surface area contributed by atoms with Gasteiger partial charge in [-0.05, 0) is 36.8 Å². The second-order valence-corrected chi connectivity index (χ2v) is 5.10. The number of ether oxygens (including phenoxy) is 2. The molecule has 2 rings (SSSR count). The van der Waals surface area contributed by atoms with E-state index >= 15 is 0 Å². The van der Waals surface area contributed by atoms with Crippen LogP contribution in [0.4, 0.5) is 13.2 Å². The number of carbonyl (C=O) groups excluding carboxylic acids is 2. The van der Waals surface area contributed by atoms with Crippen LogP contribution in [0.15, 0.2) is 29.4 Å². The van der Waals surface area contributed by atoms with Crippen molar-refractivity contribution in [3.8, 4) is 5.75 Å². The molecule has 0 aromatic heterocycles. The summed E-state index contributed by atoms with van der Waals surface area (Å²) < 4.78 is 49.3. The number of esters is 1. The number of hydrazone groups is 1. The molecule has 0 bridgehead atoms. The third-order valence-corrected chi connectivity index (χ3v) is 3.50. The van der Waals surface area contributed by atoms with E-state index in [0.29, 0.717) is 5.75 Å². The number of alkyl halides is 3. The average Bonchev–Trinajstić information content (AvgIpc) is 2.93. The third-order valence-electron chi connectivity index (χ3n) is 3.50. The molecule has 1 atom stereocenters. The van der Waals surface area contributed by atoms with Crippen LogP contribution in [-0.4, -0.2) is 53.3 Å². The van der Waals surface area contributed by atoms with Gasteiger partial charge in [-0.2, -0.15) is 23.3 Å². The molecule has 0 fully saturated rings. The molecule has 0 radical (unpaired) electrons. The highest BCUT2D eigenvalue weighted by Gasteiger charge is 2.64. The fourth-order valence-corrected chi connectivity index (χ4v) is 2.20.